The minimum Gasteiger partial charge on any atom is -0.434 e. The molecule has 0 saturated carbocycles. The van der Waals surface area contributed by atoms with Gasteiger partial charge in [-0.15, -0.1) is 0 Å². The maximum atomic E-state index is 12.3. The second-order valence-electron chi connectivity index (χ2n) is 4.27. The SMILES string of the molecule is OC(Cc1cccc(Br)c1)c1ccccc1OC(F)F. The molecule has 0 aliphatic carbocycles. The molecule has 2 nitrogen and oxygen atoms in total. The Bertz CT molecular complexity index is 575. The molecule has 2 aromatic rings. The summed E-state index contributed by atoms with van der Waals surface area (Å²) in [7, 11) is 0. The number of para-hydroxylation sites is 1. The maximum Gasteiger partial charge on any atom is 0.387 e. The topological polar surface area (TPSA) is 29.5 Å². The first-order chi connectivity index (χ1) is 9.56. The summed E-state index contributed by atoms with van der Waals surface area (Å²) in [4.78, 5) is 0. The van der Waals surface area contributed by atoms with E-state index >= 15 is 0 Å². The summed E-state index contributed by atoms with van der Waals surface area (Å²) in [5, 5.41) is 10.2. The van der Waals surface area contributed by atoms with Gasteiger partial charge in [-0.2, -0.15) is 8.78 Å². The first-order valence-corrected chi connectivity index (χ1v) is 6.82. The predicted octanol–water partition coefficient (Wildman–Crippen LogP) is 4.33. The summed E-state index contributed by atoms with van der Waals surface area (Å²) in [6, 6.07) is 13.7. The van der Waals surface area contributed by atoms with Crippen molar-refractivity contribution in [1.82, 2.24) is 0 Å². The number of halogens is 3. The summed E-state index contributed by atoms with van der Waals surface area (Å²) in [6.07, 6.45) is -0.581. The van der Waals surface area contributed by atoms with E-state index in [0.717, 1.165) is 10.0 Å². The molecular formula is C15H13BrF2O2. The third-order valence-electron chi connectivity index (χ3n) is 2.81. The van der Waals surface area contributed by atoms with Gasteiger partial charge in [0.1, 0.15) is 5.75 Å². The molecule has 20 heavy (non-hydrogen) atoms. The van der Waals surface area contributed by atoms with Crippen molar-refractivity contribution in [2.75, 3.05) is 0 Å². The minimum atomic E-state index is -2.91. The third kappa shape index (κ3) is 4.02. The van der Waals surface area contributed by atoms with Crippen LogP contribution in [0.15, 0.2) is 53.0 Å². The second kappa shape index (κ2) is 6.81. The van der Waals surface area contributed by atoms with E-state index in [1.165, 1.54) is 6.07 Å². The zero-order valence-electron chi connectivity index (χ0n) is 10.5. The van der Waals surface area contributed by atoms with E-state index in [9.17, 15) is 13.9 Å². The van der Waals surface area contributed by atoms with Gasteiger partial charge in [0.25, 0.3) is 0 Å². The van der Waals surface area contributed by atoms with Crippen molar-refractivity contribution in [3.63, 3.8) is 0 Å². The molecule has 1 atom stereocenters. The maximum absolute atomic E-state index is 12.3. The van der Waals surface area contributed by atoms with Crippen LogP contribution in [-0.4, -0.2) is 11.7 Å². The quantitative estimate of drug-likeness (QED) is 0.876. The lowest BCUT2D eigenvalue weighted by atomic mass is 10.0. The average molecular weight is 343 g/mol. The smallest absolute Gasteiger partial charge is 0.387 e. The van der Waals surface area contributed by atoms with E-state index in [1.54, 1.807) is 18.2 Å². The van der Waals surface area contributed by atoms with E-state index in [4.69, 9.17) is 0 Å². The van der Waals surface area contributed by atoms with Crippen molar-refractivity contribution in [3.8, 4) is 5.75 Å². The first-order valence-electron chi connectivity index (χ1n) is 6.02. The second-order valence-corrected chi connectivity index (χ2v) is 5.18. The monoisotopic (exact) mass is 342 g/mol. The van der Waals surface area contributed by atoms with E-state index < -0.39 is 12.7 Å². The molecule has 0 radical (unpaired) electrons. The van der Waals surface area contributed by atoms with Gasteiger partial charge >= 0.3 is 6.61 Å². The number of benzene rings is 2. The zero-order chi connectivity index (χ0) is 14.5. The van der Waals surface area contributed by atoms with Crippen molar-refractivity contribution < 1.29 is 18.6 Å². The predicted molar refractivity (Wildman–Crippen MR) is 75.9 cm³/mol. The number of aliphatic hydroxyl groups is 1. The number of hydrogen-bond acceptors (Lipinski definition) is 2. The Hall–Kier alpha value is -1.46. The van der Waals surface area contributed by atoms with Gasteiger partial charge in [-0.1, -0.05) is 46.3 Å². The summed E-state index contributed by atoms with van der Waals surface area (Å²) in [6.45, 7) is -2.91. The van der Waals surface area contributed by atoms with Gasteiger partial charge in [0, 0.05) is 16.5 Å². The molecule has 0 heterocycles. The molecule has 1 N–H and O–H groups in total. The molecule has 0 bridgehead atoms. The number of aliphatic hydroxyl groups excluding tert-OH is 1. The molecule has 2 aromatic carbocycles. The van der Waals surface area contributed by atoms with Crippen LogP contribution in [0.3, 0.4) is 0 Å². The van der Waals surface area contributed by atoms with Crippen LogP contribution in [0.5, 0.6) is 5.75 Å². The van der Waals surface area contributed by atoms with Crippen molar-refractivity contribution in [2.24, 2.45) is 0 Å². The van der Waals surface area contributed by atoms with E-state index in [2.05, 4.69) is 20.7 Å². The average Bonchev–Trinajstić information content (AvgIpc) is 2.38. The van der Waals surface area contributed by atoms with Crippen molar-refractivity contribution in [1.29, 1.82) is 0 Å². The van der Waals surface area contributed by atoms with Gasteiger partial charge in [0.15, 0.2) is 0 Å². The minimum absolute atomic E-state index is 0.00463. The Morgan fingerprint density at radius 1 is 1.10 bits per heavy atom. The third-order valence-corrected chi connectivity index (χ3v) is 3.31. The zero-order valence-corrected chi connectivity index (χ0v) is 12.1. The molecule has 0 amide bonds. The summed E-state index contributed by atoms with van der Waals surface area (Å²) in [5.74, 6) is 0.00463. The Kier molecular flexibility index (Phi) is 5.09. The fourth-order valence-electron chi connectivity index (χ4n) is 1.96. The van der Waals surface area contributed by atoms with Gasteiger partial charge in [-0.05, 0) is 23.8 Å². The molecule has 106 valence electrons. The van der Waals surface area contributed by atoms with Crippen LogP contribution in [0, 0.1) is 0 Å². The normalized spacial score (nSPS) is 12.4. The highest BCUT2D eigenvalue weighted by atomic mass is 79.9. The van der Waals surface area contributed by atoms with Crippen LogP contribution in [0.2, 0.25) is 0 Å². The highest BCUT2D eigenvalue weighted by Gasteiger charge is 2.16. The highest BCUT2D eigenvalue weighted by molar-refractivity contribution is 9.10. The van der Waals surface area contributed by atoms with Crippen molar-refractivity contribution >= 4 is 15.9 Å². The molecule has 0 aliphatic heterocycles. The summed E-state index contributed by atoms with van der Waals surface area (Å²) >= 11 is 3.35. The summed E-state index contributed by atoms with van der Waals surface area (Å²) in [5.41, 5.74) is 1.26. The molecule has 5 heteroatoms. The fourth-order valence-corrected chi connectivity index (χ4v) is 2.40. The Balaban J connectivity index is 2.18. The first kappa shape index (κ1) is 14.9. The van der Waals surface area contributed by atoms with Gasteiger partial charge in [-0.3, -0.25) is 0 Å². The van der Waals surface area contributed by atoms with Crippen LogP contribution < -0.4 is 4.74 Å². The number of rotatable bonds is 5. The van der Waals surface area contributed by atoms with Crippen molar-refractivity contribution in [3.05, 3.63) is 64.1 Å². The molecule has 2 rings (SSSR count). The van der Waals surface area contributed by atoms with Crippen molar-refractivity contribution in [2.45, 2.75) is 19.1 Å². The highest BCUT2D eigenvalue weighted by Crippen LogP contribution is 2.29. The van der Waals surface area contributed by atoms with Crippen LogP contribution in [-0.2, 0) is 6.42 Å². The van der Waals surface area contributed by atoms with Gasteiger partial charge < -0.3 is 9.84 Å². The Labute approximate surface area is 124 Å². The summed E-state index contributed by atoms with van der Waals surface area (Å²) < 4.78 is 30.0. The molecule has 0 aromatic heterocycles. The molecular weight excluding hydrogens is 330 g/mol. The molecule has 0 spiro atoms. The Morgan fingerprint density at radius 3 is 2.55 bits per heavy atom. The lowest BCUT2D eigenvalue weighted by molar-refractivity contribution is -0.0515. The van der Waals surface area contributed by atoms with Gasteiger partial charge in [0.2, 0.25) is 0 Å². The largest absolute Gasteiger partial charge is 0.434 e. The lowest BCUT2D eigenvalue weighted by Gasteiger charge is -2.16. The van der Waals surface area contributed by atoms with Crippen LogP contribution in [0.1, 0.15) is 17.2 Å². The number of hydrogen-bond donors (Lipinski definition) is 1. The van der Waals surface area contributed by atoms with E-state index in [-0.39, 0.29) is 5.75 Å². The van der Waals surface area contributed by atoms with Gasteiger partial charge in [0.05, 0.1) is 6.10 Å². The molecule has 1 unspecified atom stereocenters. The fraction of sp³-hybridized carbons (Fsp3) is 0.200. The number of alkyl halides is 2. The molecule has 0 fully saturated rings. The van der Waals surface area contributed by atoms with E-state index in [0.29, 0.717) is 12.0 Å². The van der Waals surface area contributed by atoms with Crippen LogP contribution >= 0.6 is 15.9 Å². The Morgan fingerprint density at radius 2 is 1.85 bits per heavy atom. The van der Waals surface area contributed by atoms with Crippen LogP contribution in [0.25, 0.3) is 0 Å². The molecule has 0 aliphatic rings. The van der Waals surface area contributed by atoms with Gasteiger partial charge in [-0.25, -0.2) is 0 Å². The van der Waals surface area contributed by atoms with Crippen LogP contribution in [0.4, 0.5) is 8.78 Å². The number of ether oxygens (including phenoxy) is 1. The lowest BCUT2D eigenvalue weighted by Crippen LogP contribution is -2.08. The molecule has 0 saturated heterocycles. The van der Waals surface area contributed by atoms with E-state index in [1.807, 2.05) is 24.3 Å². The standard InChI is InChI=1S/C15H13BrF2O2/c16-11-5-3-4-10(8-11)9-13(19)12-6-1-2-7-14(12)20-15(17)18/h1-8,13,15,19H,9H2.